The summed E-state index contributed by atoms with van der Waals surface area (Å²) in [6, 6.07) is -3.10. The molecule has 18 nitrogen and oxygen atoms in total. The Morgan fingerprint density at radius 3 is 1.22 bits per heavy atom. The predicted octanol–water partition coefficient (Wildman–Crippen LogP) is -0.786. The van der Waals surface area contributed by atoms with Gasteiger partial charge in [-0.3, -0.25) is 28.8 Å². The molecule has 1 fully saturated rings. The van der Waals surface area contributed by atoms with Gasteiger partial charge in [-0.1, -0.05) is 48.0 Å². The van der Waals surface area contributed by atoms with Gasteiger partial charge in [-0.05, 0) is 50.5 Å². The zero-order chi connectivity index (χ0) is 37.0. The molecule has 0 aromatic heterocycles. The van der Waals surface area contributed by atoms with E-state index in [1.54, 1.807) is 13.8 Å². The molecule has 17 N–H and O–H groups in total. The van der Waals surface area contributed by atoms with Crippen molar-refractivity contribution in [3.63, 3.8) is 0 Å². The molecule has 1 aliphatic rings. The molecule has 18 heteroatoms. The molecule has 0 aromatic rings. The van der Waals surface area contributed by atoms with E-state index in [0.29, 0.717) is 12.3 Å². The number of rotatable bonds is 11. The van der Waals surface area contributed by atoms with E-state index in [4.69, 9.17) is 53.6 Å². The summed E-state index contributed by atoms with van der Waals surface area (Å²) < 4.78 is 0. The molecule has 0 saturated carbocycles. The molecule has 268 valence electrons. The number of hydrogen-bond donors (Lipinski definition) is 12. The molecule has 45 heavy (non-hydrogen) atoms. The number of carboxylic acid groups (broad SMARTS) is 6. The van der Waals surface area contributed by atoms with Crippen LogP contribution in [0.4, 0.5) is 0 Å². The Kier molecular flexibility index (Phi) is 34.8. The van der Waals surface area contributed by atoms with Gasteiger partial charge in [0, 0.05) is 0 Å². The van der Waals surface area contributed by atoms with Gasteiger partial charge in [0.2, 0.25) is 0 Å². The number of carboxylic acids is 6. The molecule has 1 rings (SSSR count). The maximum absolute atomic E-state index is 10.2. The average molecular weight is 659 g/mol. The van der Waals surface area contributed by atoms with Crippen LogP contribution in [0.25, 0.3) is 0 Å². The third-order valence-electron chi connectivity index (χ3n) is 5.51. The zero-order valence-corrected chi connectivity index (χ0v) is 27.4. The highest BCUT2D eigenvalue weighted by Gasteiger charge is 2.20. The third kappa shape index (κ3) is 38.6. The van der Waals surface area contributed by atoms with Crippen molar-refractivity contribution in [2.45, 2.75) is 104 Å². The summed E-state index contributed by atoms with van der Waals surface area (Å²) in [5.41, 5.74) is 25.1. The van der Waals surface area contributed by atoms with Gasteiger partial charge in [-0.25, -0.2) is 0 Å². The Balaban J connectivity index is -0.000000144. The molecule has 0 aromatic carbocycles. The number of nitrogens with one attached hydrogen (secondary N) is 1. The van der Waals surface area contributed by atoms with Crippen LogP contribution in [0.15, 0.2) is 0 Å². The van der Waals surface area contributed by atoms with Crippen LogP contribution in [0.1, 0.15) is 74.1 Å². The fraction of sp³-hybridized carbons (Fsp3) is 0.778. The number of nitrogens with two attached hydrogens (primary N) is 5. The van der Waals surface area contributed by atoms with Crippen molar-refractivity contribution in [2.24, 2.45) is 46.4 Å². The second-order valence-corrected chi connectivity index (χ2v) is 10.6. The van der Waals surface area contributed by atoms with Gasteiger partial charge in [0.05, 0.1) is 6.54 Å². The number of aliphatic carboxylic acids is 6. The lowest BCUT2D eigenvalue weighted by Crippen LogP contribution is -2.36. The number of hydrogen-bond acceptors (Lipinski definition) is 12. The van der Waals surface area contributed by atoms with E-state index >= 15 is 0 Å². The molecule has 0 unspecified atom stereocenters. The van der Waals surface area contributed by atoms with E-state index in [0.717, 1.165) is 25.8 Å². The van der Waals surface area contributed by atoms with Crippen molar-refractivity contribution in [3.8, 4) is 0 Å². The average Bonchev–Trinajstić information content (AvgIpc) is 3.48. The molecule has 1 heterocycles. The van der Waals surface area contributed by atoms with E-state index in [2.05, 4.69) is 11.1 Å². The van der Waals surface area contributed by atoms with Gasteiger partial charge in [0.25, 0.3) is 0 Å². The zero-order valence-electron chi connectivity index (χ0n) is 27.4. The van der Waals surface area contributed by atoms with Crippen molar-refractivity contribution in [1.29, 1.82) is 0 Å². The summed E-state index contributed by atoms with van der Waals surface area (Å²) in [4.78, 5) is 59.3. The standard InChI is InChI=1S/2C6H13NO2.C5H9NO2.C5H11NO2.C3H7NO2.C2H5NO2/c1-4(2)3-5(7)6(8)9;1-3-4(2)5(7)6(8)9;7-5(8)4-2-1-3-6-4;1-3(2)4(6)5(7)8;1-2(4)3(5)6;3-1-2(4)5/h2*4-5H,3,7H2,1-2H3,(H,8,9);4,6H,1-3H2,(H,7,8);3-4H,6H2,1-2H3,(H,7,8);2H,4H2,1H3,(H,5,6);1,3H2,(H,4,5)/t5-;4-,5-;2*4-;2-;/m00000./s1. The summed E-state index contributed by atoms with van der Waals surface area (Å²) in [7, 11) is 0. The van der Waals surface area contributed by atoms with Gasteiger partial charge in [-0.15, -0.1) is 0 Å². The minimum atomic E-state index is -0.968. The molecule has 6 atom stereocenters. The molecule has 0 amide bonds. The Morgan fingerprint density at radius 1 is 0.733 bits per heavy atom. The lowest BCUT2D eigenvalue weighted by Gasteiger charge is -2.11. The van der Waals surface area contributed by atoms with Crippen LogP contribution >= 0.6 is 0 Å². The summed E-state index contributed by atoms with van der Waals surface area (Å²) in [5.74, 6) is -4.96. The van der Waals surface area contributed by atoms with E-state index < -0.39 is 60.0 Å². The van der Waals surface area contributed by atoms with Crippen molar-refractivity contribution in [3.05, 3.63) is 0 Å². The third-order valence-corrected chi connectivity index (χ3v) is 5.51. The lowest BCUT2D eigenvalue weighted by atomic mass is 10.0. The summed E-state index contributed by atoms with van der Waals surface area (Å²) in [6.07, 6.45) is 3.15. The SMILES string of the molecule is CC(C)C[C@H](N)C(=O)O.CC(C)[C@H](N)C(=O)O.CC[C@H](C)[C@H](N)C(=O)O.C[C@H](N)C(=O)O.NCC(=O)O.O=C(O)[C@@H]1CCCN1. The molecular formula is C27H58N6O12. The monoisotopic (exact) mass is 658 g/mol. The van der Waals surface area contributed by atoms with Gasteiger partial charge < -0.3 is 64.6 Å². The summed E-state index contributed by atoms with van der Waals surface area (Å²) in [6.45, 7) is 13.2. The maximum atomic E-state index is 10.2. The van der Waals surface area contributed by atoms with Crippen LogP contribution < -0.4 is 34.0 Å². The second kappa shape index (κ2) is 30.6. The smallest absolute Gasteiger partial charge is 0.320 e. The topological polar surface area (TPSA) is 366 Å². The van der Waals surface area contributed by atoms with Crippen molar-refractivity contribution in [2.75, 3.05) is 13.1 Å². The Labute approximate surface area is 264 Å². The molecule has 1 saturated heterocycles. The van der Waals surface area contributed by atoms with Gasteiger partial charge in [0.15, 0.2) is 0 Å². The Hall–Kier alpha value is -3.42. The van der Waals surface area contributed by atoms with Gasteiger partial charge >= 0.3 is 35.8 Å². The molecule has 0 aliphatic carbocycles. The van der Waals surface area contributed by atoms with E-state index in [1.807, 2.05) is 27.7 Å². The highest BCUT2D eigenvalue weighted by atomic mass is 16.4. The van der Waals surface area contributed by atoms with Crippen molar-refractivity contribution >= 4 is 35.8 Å². The molecule has 0 radical (unpaired) electrons. The first-order chi connectivity index (χ1) is 20.4. The molecular weight excluding hydrogens is 600 g/mol. The molecule has 0 spiro atoms. The van der Waals surface area contributed by atoms with Gasteiger partial charge in [0.1, 0.15) is 30.2 Å². The van der Waals surface area contributed by atoms with Crippen LogP contribution in [0, 0.1) is 17.8 Å². The Morgan fingerprint density at radius 2 is 1.13 bits per heavy atom. The van der Waals surface area contributed by atoms with Gasteiger partial charge in [-0.2, -0.15) is 0 Å². The Bertz CT molecular complexity index is 825. The molecule has 0 bridgehead atoms. The summed E-state index contributed by atoms with van der Waals surface area (Å²) >= 11 is 0. The minimum Gasteiger partial charge on any atom is -0.480 e. The highest BCUT2D eigenvalue weighted by Crippen LogP contribution is 2.04. The minimum absolute atomic E-state index is 0.0208. The fourth-order valence-corrected chi connectivity index (χ4v) is 2.29. The highest BCUT2D eigenvalue weighted by molar-refractivity contribution is 5.74. The summed E-state index contributed by atoms with van der Waals surface area (Å²) in [5, 5.41) is 51.6. The normalized spacial score (nSPS) is 16.3. The maximum Gasteiger partial charge on any atom is 0.320 e. The van der Waals surface area contributed by atoms with Crippen LogP contribution in [0.3, 0.4) is 0 Å². The predicted molar refractivity (Wildman–Crippen MR) is 167 cm³/mol. The fourth-order valence-electron chi connectivity index (χ4n) is 2.29. The second-order valence-electron chi connectivity index (χ2n) is 10.6. The van der Waals surface area contributed by atoms with Crippen molar-refractivity contribution in [1.82, 2.24) is 5.32 Å². The van der Waals surface area contributed by atoms with Crippen LogP contribution in [-0.4, -0.2) is 110 Å². The van der Waals surface area contributed by atoms with Crippen LogP contribution in [0.2, 0.25) is 0 Å². The first-order valence-corrected chi connectivity index (χ1v) is 14.2. The number of carbonyl (C=O) groups is 6. The van der Waals surface area contributed by atoms with E-state index in [9.17, 15) is 28.8 Å². The molecule has 1 aliphatic heterocycles. The first-order valence-electron chi connectivity index (χ1n) is 14.2. The van der Waals surface area contributed by atoms with E-state index in [1.165, 1.54) is 6.92 Å². The lowest BCUT2D eigenvalue weighted by molar-refractivity contribution is -0.140. The van der Waals surface area contributed by atoms with Crippen LogP contribution in [-0.2, 0) is 28.8 Å². The van der Waals surface area contributed by atoms with Crippen LogP contribution in [0.5, 0.6) is 0 Å². The van der Waals surface area contributed by atoms with Crippen molar-refractivity contribution < 1.29 is 59.4 Å². The quantitative estimate of drug-likeness (QED) is 0.129. The largest absolute Gasteiger partial charge is 0.480 e. The first kappa shape index (κ1) is 51.2. The van der Waals surface area contributed by atoms with E-state index in [-0.39, 0.29) is 24.4 Å².